The van der Waals surface area contributed by atoms with Crippen LogP contribution in [0, 0.1) is 15.3 Å². The molecule has 0 saturated carbocycles. The Labute approximate surface area is 73.1 Å². The van der Waals surface area contributed by atoms with Gasteiger partial charge in [-0.2, -0.15) is 0 Å². The summed E-state index contributed by atoms with van der Waals surface area (Å²) in [7, 11) is -4.33. The van der Waals surface area contributed by atoms with Gasteiger partial charge in [-0.25, -0.2) is 0 Å². The van der Waals surface area contributed by atoms with Gasteiger partial charge in [0.15, 0.2) is 0 Å². The number of nitrogens with zero attached hydrogens (tertiary/aromatic N) is 1. The Morgan fingerprint density at radius 3 is 1.08 bits per heavy atom. The molecule has 10 nitrogen and oxygen atoms in total. The zero-order chi connectivity index (χ0) is 8.08. The fraction of sp³-hybridized carbons (Fsp3) is 0. The molecule has 0 aromatic carbocycles. The van der Waals surface area contributed by atoms with Crippen LogP contribution in [0.4, 0.5) is 0 Å². The first-order chi connectivity index (χ1) is 3.73. The van der Waals surface area contributed by atoms with Gasteiger partial charge in [0.2, 0.25) is 0 Å². The van der Waals surface area contributed by atoms with Crippen molar-refractivity contribution in [3.05, 3.63) is 15.3 Å². The standard InChI is InChI=1S/NO3.3H3N.H2O3S2/c2-1(3)4;;;;1-5(2,3)4/h;3*1H3;(H2,1,2,3,4)/q-1;;;;/p+1. The molecule has 0 aliphatic heterocycles. The molecule has 0 spiro atoms. The largest absolute Gasteiger partial charge is 0.780 e. The summed E-state index contributed by atoms with van der Waals surface area (Å²) in [6, 6.07) is 0. The summed E-state index contributed by atoms with van der Waals surface area (Å²) >= 11 is 3.24. The molecule has 0 amide bonds. The fourth-order valence-electron chi connectivity index (χ4n) is 0. The third-order valence-electron chi connectivity index (χ3n) is 0. The van der Waals surface area contributed by atoms with E-state index in [-0.39, 0.29) is 18.5 Å². The molecule has 0 aromatic rings. The summed E-state index contributed by atoms with van der Waals surface area (Å²) in [4.78, 5) is 8.25. The van der Waals surface area contributed by atoms with Gasteiger partial charge < -0.3 is 42.9 Å². The van der Waals surface area contributed by atoms with Crippen LogP contribution in [0.5, 0.6) is 0 Å². The summed E-state index contributed by atoms with van der Waals surface area (Å²) in [6.07, 6.45) is 0. The van der Waals surface area contributed by atoms with E-state index >= 15 is 0 Å². The molecule has 12 N–H and O–H groups in total. The van der Waals surface area contributed by atoms with Crippen LogP contribution in [0.25, 0.3) is 0 Å². The van der Waals surface area contributed by atoms with Crippen LogP contribution < -0.4 is 18.5 Å². The quantitative estimate of drug-likeness (QED) is 0.374. The number of rotatable bonds is 0. The van der Waals surface area contributed by atoms with Gasteiger partial charge in [-0.3, -0.25) is 4.21 Å². The van der Waals surface area contributed by atoms with E-state index in [0.29, 0.717) is 0 Å². The number of quaternary nitrogens is 3. The van der Waals surface area contributed by atoms with Gasteiger partial charge >= 0.3 is 0 Å². The highest BCUT2D eigenvalue weighted by atomic mass is 32.9. The zero-order valence-electron chi connectivity index (χ0n) is 6.71. The Bertz CT molecular complexity index is 160. The van der Waals surface area contributed by atoms with Crippen molar-refractivity contribution in [2.75, 3.05) is 0 Å². The molecule has 0 radical (unpaired) electrons. The second-order valence-corrected chi connectivity index (χ2v) is 2.67. The van der Waals surface area contributed by atoms with Gasteiger partial charge in [-0.1, -0.05) is 0 Å². The van der Waals surface area contributed by atoms with Crippen LogP contribution in [-0.4, -0.2) is 18.4 Å². The number of hydrogen-bond acceptors (Lipinski definition) is 7. The van der Waals surface area contributed by atoms with E-state index in [4.69, 9.17) is 28.6 Å². The van der Waals surface area contributed by atoms with Crippen molar-refractivity contribution in [1.29, 1.82) is 0 Å². The SMILES string of the molecule is O=S([O-])([O-])=S.O=[N+]([O-])[O-].[NH4+].[NH4+].[NH4+]. The van der Waals surface area contributed by atoms with Crippen molar-refractivity contribution < 1.29 is 18.4 Å². The van der Waals surface area contributed by atoms with Crippen LogP contribution in [-0.2, 0) is 20.2 Å². The highest BCUT2D eigenvalue weighted by molar-refractivity contribution is 8.26. The molecular formula is H12N4O6S2. The van der Waals surface area contributed by atoms with Gasteiger partial charge in [0.1, 0.15) is 0 Å². The van der Waals surface area contributed by atoms with E-state index in [1.807, 2.05) is 0 Å². The summed E-state index contributed by atoms with van der Waals surface area (Å²) in [5, 5.41) is 14.8. The maximum Gasteiger partial charge on any atom is 0.0689 e. The molecule has 0 aliphatic rings. The van der Waals surface area contributed by atoms with Gasteiger partial charge in [0, 0.05) is 0 Å². The summed E-state index contributed by atoms with van der Waals surface area (Å²) in [5.41, 5.74) is 0. The topological polar surface area (TPSA) is 239 Å². The van der Waals surface area contributed by atoms with Crippen LogP contribution in [0.2, 0.25) is 0 Å². The first kappa shape index (κ1) is 30.1. The van der Waals surface area contributed by atoms with E-state index in [9.17, 15) is 0 Å². The minimum atomic E-state index is -4.33. The lowest BCUT2D eigenvalue weighted by atomic mass is 13.1. The summed E-state index contributed by atoms with van der Waals surface area (Å²) < 4.78 is 26.7. The predicted molar refractivity (Wildman–Crippen MR) is 45.4 cm³/mol. The normalized spacial score (nSPS) is 6.83. The molecule has 0 saturated heterocycles. The summed E-state index contributed by atoms with van der Waals surface area (Å²) in [6.45, 7) is 0. The molecule has 0 unspecified atom stereocenters. The second kappa shape index (κ2) is 13.0. The minimum Gasteiger partial charge on any atom is -0.780 e. The molecule has 0 aromatic heterocycles. The van der Waals surface area contributed by atoms with E-state index < -0.39 is 14.1 Å². The molecule has 0 atom stereocenters. The third-order valence-corrected chi connectivity index (χ3v) is 0. The lowest BCUT2D eigenvalue weighted by molar-refractivity contribution is -0.402. The van der Waals surface area contributed by atoms with E-state index in [1.165, 1.54) is 0 Å². The van der Waals surface area contributed by atoms with Crippen molar-refractivity contribution in [3.8, 4) is 0 Å². The van der Waals surface area contributed by atoms with Crippen LogP contribution in [0.3, 0.4) is 0 Å². The Balaban J connectivity index is -0.0000000221. The van der Waals surface area contributed by atoms with Crippen molar-refractivity contribution in [1.82, 2.24) is 18.5 Å². The molecule has 0 bridgehead atoms. The van der Waals surface area contributed by atoms with Crippen LogP contribution >= 0.6 is 0 Å². The molecule has 0 fully saturated rings. The average Bonchev–Trinajstić information content (AvgIpc) is 1.19. The number of hydrogen-bond donors (Lipinski definition) is 3. The lowest BCUT2D eigenvalue weighted by Gasteiger charge is -2.12. The molecule has 0 heterocycles. The fourth-order valence-corrected chi connectivity index (χ4v) is 0. The maximum absolute atomic E-state index is 8.89. The second-order valence-electron chi connectivity index (χ2n) is 0.632. The van der Waals surface area contributed by atoms with Gasteiger partial charge in [-0.15, -0.1) is 9.05 Å². The Kier molecular flexibility index (Phi) is 32.6. The summed E-state index contributed by atoms with van der Waals surface area (Å²) in [5.74, 6) is 0. The van der Waals surface area contributed by atoms with Crippen molar-refractivity contribution in [3.63, 3.8) is 0 Å². The van der Waals surface area contributed by atoms with Gasteiger partial charge in [-0.05, 0) is 11.2 Å². The third kappa shape index (κ3) is 1650. The Morgan fingerprint density at radius 1 is 1.08 bits per heavy atom. The molecule has 0 aliphatic carbocycles. The highest BCUT2D eigenvalue weighted by Gasteiger charge is 1.45. The monoisotopic (exact) mass is 228 g/mol. The van der Waals surface area contributed by atoms with E-state index in [0.717, 1.165) is 0 Å². The molecular weight excluding hydrogens is 216 g/mol. The predicted octanol–water partition coefficient (Wildman–Crippen LogP) is -0.117. The first-order valence-electron chi connectivity index (χ1n) is 1.21. The van der Waals surface area contributed by atoms with E-state index in [2.05, 4.69) is 11.2 Å². The lowest BCUT2D eigenvalue weighted by Crippen LogP contribution is -1.88. The van der Waals surface area contributed by atoms with Gasteiger partial charge in [0.05, 0.1) is 5.09 Å². The smallest absolute Gasteiger partial charge is 0.0689 e. The highest BCUT2D eigenvalue weighted by Crippen LogP contribution is 1.60. The van der Waals surface area contributed by atoms with Crippen LogP contribution in [0.1, 0.15) is 0 Å². The maximum atomic E-state index is 8.89. The first-order valence-corrected chi connectivity index (χ1v) is 3.55. The molecule has 12 heavy (non-hydrogen) atoms. The van der Waals surface area contributed by atoms with Gasteiger partial charge in [0.25, 0.3) is 0 Å². The van der Waals surface area contributed by atoms with Crippen LogP contribution in [0.15, 0.2) is 0 Å². The molecule has 0 rings (SSSR count). The minimum absolute atomic E-state index is 0. The molecule has 80 valence electrons. The van der Waals surface area contributed by atoms with Crippen molar-refractivity contribution in [2.24, 2.45) is 0 Å². The molecule has 12 heteroatoms. The zero-order valence-corrected chi connectivity index (χ0v) is 8.35. The van der Waals surface area contributed by atoms with Crippen molar-refractivity contribution in [2.45, 2.75) is 0 Å². The van der Waals surface area contributed by atoms with E-state index in [1.54, 1.807) is 0 Å². The average molecular weight is 228 g/mol. The Hall–Kier alpha value is -0.630. The Morgan fingerprint density at radius 2 is 1.08 bits per heavy atom. The van der Waals surface area contributed by atoms with Crippen molar-refractivity contribution >= 4 is 20.2 Å².